The average Bonchev–Trinajstić information content (AvgIpc) is 3.33. The van der Waals surface area contributed by atoms with E-state index in [9.17, 15) is 9.59 Å². The molecule has 1 unspecified atom stereocenters. The molecule has 2 aromatic carbocycles. The van der Waals surface area contributed by atoms with E-state index in [4.69, 9.17) is 4.52 Å². The number of hydrogen-bond donors (Lipinski definition) is 1. The second-order valence-electron chi connectivity index (χ2n) is 8.97. The highest BCUT2D eigenvalue weighted by atomic mass is 16.5. The molecule has 4 rings (SSSR count). The fourth-order valence-corrected chi connectivity index (χ4v) is 4.52. The molecule has 184 valence electrons. The van der Waals surface area contributed by atoms with Crippen molar-refractivity contribution in [1.82, 2.24) is 19.9 Å². The normalized spacial score (nSPS) is 16.1. The molecule has 1 N–H and O–H groups in total. The topological polar surface area (TPSA) is 91.6 Å². The van der Waals surface area contributed by atoms with Crippen molar-refractivity contribution >= 4 is 17.5 Å². The standard InChI is InChI=1S/C27H33N5O3/c1-4-32(5-2)27(34)22-13-6-7-14-23(22)28-26(33)21-12-9-15-31(17-21)18-24-29-25(30-35-24)20-11-8-10-19(3)16-20/h6-8,10-11,13-14,16,21H,4-5,9,12,15,17-18H2,1-3H3,(H,28,33). The number of benzene rings is 2. The maximum atomic E-state index is 13.2. The van der Waals surface area contributed by atoms with E-state index >= 15 is 0 Å². The van der Waals surface area contributed by atoms with Gasteiger partial charge in [-0.3, -0.25) is 14.5 Å². The number of amides is 2. The largest absolute Gasteiger partial charge is 0.339 e. The summed E-state index contributed by atoms with van der Waals surface area (Å²) in [6.07, 6.45) is 1.70. The number of nitrogens with one attached hydrogen (secondary N) is 1. The number of para-hydroxylation sites is 1. The van der Waals surface area contributed by atoms with Crippen LogP contribution in [0.2, 0.25) is 0 Å². The Labute approximate surface area is 206 Å². The Hall–Kier alpha value is -3.52. The van der Waals surface area contributed by atoms with Crippen LogP contribution in [0.4, 0.5) is 5.69 Å². The fourth-order valence-electron chi connectivity index (χ4n) is 4.52. The molecule has 1 aliphatic heterocycles. The molecule has 1 fully saturated rings. The van der Waals surface area contributed by atoms with Crippen molar-refractivity contribution < 1.29 is 14.1 Å². The molecule has 8 nitrogen and oxygen atoms in total. The third kappa shape index (κ3) is 5.95. The molecule has 2 heterocycles. The maximum absolute atomic E-state index is 13.2. The van der Waals surface area contributed by atoms with Crippen LogP contribution in [0.5, 0.6) is 0 Å². The lowest BCUT2D eigenvalue weighted by Gasteiger charge is -2.31. The van der Waals surface area contributed by atoms with Crippen molar-refractivity contribution in [1.29, 1.82) is 0 Å². The molecule has 1 aliphatic rings. The van der Waals surface area contributed by atoms with Gasteiger partial charge in [-0.25, -0.2) is 0 Å². The van der Waals surface area contributed by atoms with Crippen molar-refractivity contribution in [2.75, 3.05) is 31.5 Å². The summed E-state index contributed by atoms with van der Waals surface area (Å²) < 4.78 is 5.49. The van der Waals surface area contributed by atoms with Gasteiger partial charge in [-0.05, 0) is 58.4 Å². The summed E-state index contributed by atoms with van der Waals surface area (Å²) in [5, 5.41) is 7.14. The number of nitrogens with zero attached hydrogens (tertiary/aromatic N) is 4. The number of carbonyl (C=O) groups excluding carboxylic acids is 2. The number of piperidine rings is 1. The van der Waals surface area contributed by atoms with Crippen LogP contribution in [0, 0.1) is 12.8 Å². The molecule has 0 saturated carbocycles. The van der Waals surface area contributed by atoms with Crippen LogP contribution in [0.25, 0.3) is 11.4 Å². The highest BCUT2D eigenvalue weighted by Crippen LogP contribution is 2.24. The van der Waals surface area contributed by atoms with E-state index in [1.54, 1.807) is 17.0 Å². The summed E-state index contributed by atoms with van der Waals surface area (Å²) in [4.78, 5) is 34.5. The highest BCUT2D eigenvalue weighted by Gasteiger charge is 2.28. The molecular weight excluding hydrogens is 442 g/mol. The van der Waals surface area contributed by atoms with Gasteiger partial charge in [0.1, 0.15) is 0 Å². The Morgan fingerprint density at radius 1 is 1.14 bits per heavy atom. The van der Waals surface area contributed by atoms with E-state index in [-0.39, 0.29) is 17.7 Å². The van der Waals surface area contributed by atoms with E-state index in [1.165, 1.54) is 0 Å². The minimum Gasteiger partial charge on any atom is -0.339 e. The van der Waals surface area contributed by atoms with Gasteiger partial charge in [-0.1, -0.05) is 41.1 Å². The molecule has 1 atom stereocenters. The van der Waals surface area contributed by atoms with Crippen LogP contribution in [0.1, 0.15) is 48.5 Å². The lowest BCUT2D eigenvalue weighted by molar-refractivity contribution is -0.121. The number of aryl methyl sites for hydroxylation is 1. The molecule has 0 aliphatic carbocycles. The van der Waals surface area contributed by atoms with Crippen molar-refractivity contribution in [3.63, 3.8) is 0 Å². The number of carbonyl (C=O) groups is 2. The molecule has 2 amide bonds. The van der Waals surface area contributed by atoms with Gasteiger partial charge < -0.3 is 14.7 Å². The molecule has 0 bridgehead atoms. The Morgan fingerprint density at radius 3 is 2.71 bits per heavy atom. The summed E-state index contributed by atoms with van der Waals surface area (Å²) in [6.45, 7) is 9.13. The first kappa shape index (κ1) is 24.6. The molecule has 1 saturated heterocycles. The third-order valence-electron chi connectivity index (χ3n) is 6.45. The number of rotatable bonds is 8. The monoisotopic (exact) mass is 475 g/mol. The zero-order valence-electron chi connectivity index (χ0n) is 20.7. The Kier molecular flexibility index (Phi) is 7.92. The number of aromatic nitrogens is 2. The highest BCUT2D eigenvalue weighted by molar-refractivity contribution is 6.04. The van der Waals surface area contributed by atoms with E-state index in [0.29, 0.717) is 49.1 Å². The number of likely N-dealkylation sites (tertiary alicyclic amines) is 1. The minimum atomic E-state index is -0.181. The maximum Gasteiger partial charge on any atom is 0.255 e. The van der Waals surface area contributed by atoms with E-state index < -0.39 is 0 Å². The van der Waals surface area contributed by atoms with Crippen molar-refractivity contribution in [2.45, 2.75) is 40.2 Å². The summed E-state index contributed by atoms with van der Waals surface area (Å²) in [5.41, 5.74) is 3.14. The Bertz CT molecular complexity index is 1170. The predicted octanol–water partition coefficient (Wildman–Crippen LogP) is 4.38. The predicted molar refractivity (Wildman–Crippen MR) is 135 cm³/mol. The second-order valence-corrected chi connectivity index (χ2v) is 8.97. The molecule has 8 heteroatoms. The first-order valence-corrected chi connectivity index (χ1v) is 12.3. The van der Waals surface area contributed by atoms with E-state index in [2.05, 4.69) is 20.4 Å². The number of anilines is 1. The van der Waals surface area contributed by atoms with Gasteiger partial charge >= 0.3 is 0 Å². The van der Waals surface area contributed by atoms with Gasteiger partial charge in [0, 0.05) is 25.2 Å². The SMILES string of the molecule is CCN(CC)C(=O)c1ccccc1NC(=O)C1CCCN(Cc2nc(-c3cccc(C)c3)no2)C1. The quantitative estimate of drug-likeness (QED) is 0.520. The molecule has 3 aromatic rings. The lowest BCUT2D eigenvalue weighted by atomic mass is 9.96. The molecule has 1 aromatic heterocycles. The van der Waals surface area contributed by atoms with Crippen LogP contribution in [-0.2, 0) is 11.3 Å². The molecule has 0 spiro atoms. The van der Waals surface area contributed by atoms with Crippen LogP contribution >= 0.6 is 0 Å². The van der Waals surface area contributed by atoms with Crippen LogP contribution < -0.4 is 5.32 Å². The third-order valence-corrected chi connectivity index (χ3v) is 6.45. The zero-order valence-corrected chi connectivity index (χ0v) is 20.7. The van der Waals surface area contributed by atoms with Gasteiger partial charge in [-0.15, -0.1) is 0 Å². The molecular formula is C27H33N5O3. The van der Waals surface area contributed by atoms with E-state index in [0.717, 1.165) is 30.5 Å². The summed E-state index contributed by atoms with van der Waals surface area (Å²) in [5.74, 6) is 0.791. The lowest BCUT2D eigenvalue weighted by Crippen LogP contribution is -2.40. The first-order chi connectivity index (χ1) is 17.0. The molecule has 35 heavy (non-hydrogen) atoms. The average molecular weight is 476 g/mol. The van der Waals surface area contributed by atoms with Gasteiger partial charge in [0.05, 0.1) is 23.7 Å². The molecule has 0 radical (unpaired) electrons. The second kappa shape index (κ2) is 11.3. The summed E-state index contributed by atoms with van der Waals surface area (Å²) in [6, 6.07) is 15.2. The van der Waals surface area contributed by atoms with Crippen LogP contribution in [0.15, 0.2) is 53.1 Å². The van der Waals surface area contributed by atoms with Gasteiger partial charge in [0.25, 0.3) is 5.91 Å². The van der Waals surface area contributed by atoms with Crippen molar-refractivity contribution in [2.24, 2.45) is 5.92 Å². The number of hydrogen-bond acceptors (Lipinski definition) is 6. The Morgan fingerprint density at radius 2 is 1.94 bits per heavy atom. The van der Waals surface area contributed by atoms with E-state index in [1.807, 2.05) is 57.2 Å². The zero-order chi connectivity index (χ0) is 24.8. The smallest absolute Gasteiger partial charge is 0.255 e. The van der Waals surface area contributed by atoms with Gasteiger partial charge in [-0.2, -0.15) is 4.98 Å². The van der Waals surface area contributed by atoms with Gasteiger partial charge in [0.2, 0.25) is 17.6 Å². The van der Waals surface area contributed by atoms with Crippen LogP contribution in [0.3, 0.4) is 0 Å². The minimum absolute atomic E-state index is 0.0690. The fraction of sp³-hybridized carbons (Fsp3) is 0.407. The van der Waals surface area contributed by atoms with Crippen molar-refractivity contribution in [3.8, 4) is 11.4 Å². The first-order valence-electron chi connectivity index (χ1n) is 12.3. The van der Waals surface area contributed by atoms with Crippen molar-refractivity contribution in [3.05, 3.63) is 65.5 Å². The van der Waals surface area contributed by atoms with Crippen LogP contribution in [-0.4, -0.2) is 57.9 Å². The Balaban J connectivity index is 1.39. The summed E-state index contributed by atoms with van der Waals surface area (Å²) >= 11 is 0. The summed E-state index contributed by atoms with van der Waals surface area (Å²) in [7, 11) is 0. The van der Waals surface area contributed by atoms with Gasteiger partial charge in [0.15, 0.2) is 0 Å².